The largest absolute Gasteiger partial charge is 0.343 e. The van der Waals surface area contributed by atoms with Gasteiger partial charge in [0.25, 0.3) is 0 Å². The van der Waals surface area contributed by atoms with Gasteiger partial charge in [-0.15, -0.1) is 0 Å². The normalized spacial score (nSPS) is 21.3. The van der Waals surface area contributed by atoms with Crippen LogP contribution in [-0.2, 0) is 11.2 Å². The molecule has 1 atom stereocenters. The van der Waals surface area contributed by atoms with Gasteiger partial charge in [-0.25, -0.2) is 0 Å². The number of nitrogens with one attached hydrogen (secondary N) is 1. The molecule has 1 N–H and O–H groups in total. The molecule has 2 aliphatic rings. The Morgan fingerprint density at radius 1 is 0.963 bits per heavy atom. The van der Waals surface area contributed by atoms with Crippen molar-refractivity contribution in [3.63, 3.8) is 0 Å². The topological polar surface area (TPSA) is 32.3 Å². The van der Waals surface area contributed by atoms with E-state index in [1.54, 1.807) is 0 Å². The Morgan fingerprint density at radius 2 is 1.74 bits per heavy atom. The maximum atomic E-state index is 12.5. The van der Waals surface area contributed by atoms with Crippen LogP contribution < -0.4 is 5.32 Å². The van der Waals surface area contributed by atoms with E-state index in [9.17, 15) is 4.79 Å². The molecule has 2 saturated heterocycles. The van der Waals surface area contributed by atoms with Crippen molar-refractivity contribution in [3.05, 3.63) is 35.9 Å². The second-order valence-corrected chi connectivity index (χ2v) is 8.66. The monoisotopic (exact) mass is 370 g/mol. The third-order valence-electron chi connectivity index (χ3n) is 6.54. The van der Waals surface area contributed by atoms with Gasteiger partial charge in [-0.05, 0) is 88.3 Å². The lowest BCUT2D eigenvalue weighted by Crippen LogP contribution is -2.38. The van der Waals surface area contributed by atoms with Gasteiger partial charge >= 0.3 is 0 Å². The van der Waals surface area contributed by atoms with E-state index < -0.39 is 0 Å². The summed E-state index contributed by atoms with van der Waals surface area (Å²) in [5.74, 6) is 2.07. The van der Waals surface area contributed by atoms with Gasteiger partial charge in [0.1, 0.15) is 0 Å². The van der Waals surface area contributed by atoms with Crippen LogP contribution >= 0.6 is 0 Å². The molecule has 2 fully saturated rings. The van der Waals surface area contributed by atoms with Crippen molar-refractivity contribution in [3.8, 4) is 0 Å². The quantitative estimate of drug-likeness (QED) is 0.633. The second-order valence-electron chi connectivity index (χ2n) is 8.66. The average molecular weight is 371 g/mol. The number of carbonyl (C=O) groups excluding carboxylic acids is 1. The molecule has 0 spiro atoms. The molecule has 0 bridgehead atoms. The fourth-order valence-corrected chi connectivity index (χ4v) is 4.75. The minimum Gasteiger partial charge on any atom is -0.343 e. The van der Waals surface area contributed by atoms with E-state index in [1.807, 2.05) is 0 Å². The zero-order chi connectivity index (χ0) is 18.7. The van der Waals surface area contributed by atoms with Crippen molar-refractivity contribution in [2.75, 3.05) is 26.2 Å². The van der Waals surface area contributed by atoms with E-state index in [4.69, 9.17) is 0 Å². The lowest BCUT2D eigenvalue weighted by Gasteiger charge is -2.32. The SMILES string of the molecule is O=C(CCCCC1CCCNC1)N1CCC(CCCc2ccccc2)CC1. The summed E-state index contributed by atoms with van der Waals surface area (Å²) >= 11 is 0. The third kappa shape index (κ3) is 7.29. The van der Waals surface area contributed by atoms with Crippen LogP contribution in [0.25, 0.3) is 0 Å². The lowest BCUT2D eigenvalue weighted by atomic mass is 9.90. The van der Waals surface area contributed by atoms with Gasteiger partial charge in [0.2, 0.25) is 5.91 Å². The molecular formula is C24H38N2O. The number of hydrogen-bond donors (Lipinski definition) is 1. The molecule has 0 aliphatic carbocycles. The average Bonchev–Trinajstić information content (AvgIpc) is 2.73. The highest BCUT2D eigenvalue weighted by atomic mass is 16.2. The Balaban J connectivity index is 1.23. The third-order valence-corrected chi connectivity index (χ3v) is 6.54. The number of carbonyl (C=O) groups is 1. The summed E-state index contributed by atoms with van der Waals surface area (Å²) in [6.45, 7) is 4.35. The summed E-state index contributed by atoms with van der Waals surface area (Å²) in [7, 11) is 0. The zero-order valence-electron chi connectivity index (χ0n) is 17.0. The van der Waals surface area contributed by atoms with Gasteiger partial charge in [-0.3, -0.25) is 4.79 Å². The van der Waals surface area contributed by atoms with Crippen LogP contribution in [-0.4, -0.2) is 37.0 Å². The van der Waals surface area contributed by atoms with E-state index in [2.05, 4.69) is 40.5 Å². The van der Waals surface area contributed by atoms with Gasteiger partial charge in [-0.2, -0.15) is 0 Å². The summed E-state index contributed by atoms with van der Waals surface area (Å²) in [6, 6.07) is 10.8. The predicted molar refractivity (Wildman–Crippen MR) is 113 cm³/mol. The molecule has 1 aromatic rings. The van der Waals surface area contributed by atoms with Gasteiger partial charge in [0, 0.05) is 19.5 Å². The summed E-state index contributed by atoms with van der Waals surface area (Å²) in [6.07, 6.45) is 13.2. The predicted octanol–water partition coefficient (Wildman–Crippen LogP) is 4.81. The molecule has 1 unspecified atom stereocenters. The van der Waals surface area contributed by atoms with Crippen molar-refractivity contribution in [2.45, 2.75) is 70.6 Å². The zero-order valence-corrected chi connectivity index (χ0v) is 17.0. The van der Waals surface area contributed by atoms with E-state index in [1.165, 1.54) is 76.4 Å². The van der Waals surface area contributed by atoms with Crippen molar-refractivity contribution in [1.29, 1.82) is 0 Å². The van der Waals surface area contributed by atoms with Crippen LogP contribution in [0.3, 0.4) is 0 Å². The molecule has 1 amide bonds. The van der Waals surface area contributed by atoms with Crippen LogP contribution in [0, 0.1) is 11.8 Å². The first-order chi connectivity index (χ1) is 13.3. The first-order valence-corrected chi connectivity index (χ1v) is 11.3. The van der Waals surface area contributed by atoms with Crippen LogP contribution in [0.4, 0.5) is 0 Å². The number of hydrogen-bond acceptors (Lipinski definition) is 2. The summed E-state index contributed by atoms with van der Waals surface area (Å²) in [5.41, 5.74) is 1.45. The Labute approximate surface area is 165 Å². The summed E-state index contributed by atoms with van der Waals surface area (Å²) in [4.78, 5) is 14.6. The number of nitrogens with zero attached hydrogens (tertiary/aromatic N) is 1. The smallest absolute Gasteiger partial charge is 0.222 e. The fraction of sp³-hybridized carbons (Fsp3) is 0.708. The molecule has 0 radical (unpaired) electrons. The van der Waals surface area contributed by atoms with Gasteiger partial charge in [0.05, 0.1) is 0 Å². The Morgan fingerprint density at radius 3 is 2.48 bits per heavy atom. The minimum atomic E-state index is 0.402. The number of benzene rings is 1. The highest BCUT2D eigenvalue weighted by Gasteiger charge is 2.22. The highest BCUT2D eigenvalue weighted by Crippen LogP contribution is 2.24. The molecule has 2 heterocycles. The van der Waals surface area contributed by atoms with Crippen molar-refractivity contribution < 1.29 is 4.79 Å². The molecule has 3 heteroatoms. The maximum absolute atomic E-state index is 12.5. The summed E-state index contributed by atoms with van der Waals surface area (Å²) < 4.78 is 0. The first kappa shape index (κ1) is 20.4. The minimum absolute atomic E-state index is 0.402. The molecule has 0 saturated carbocycles. The molecule has 3 nitrogen and oxygen atoms in total. The van der Waals surface area contributed by atoms with E-state index in [0.29, 0.717) is 5.91 Å². The van der Waals surface area contributed by atoms with Gasteiger partial charge in [0.15, 0.2) is 0 Å². The molecule has 1 aromatic carbocycles. The molecule has 0 aromatic heterocycles. The van der Waals surface area contributed by atoms with Crippen LogP contribution in [0.15, 0.2) is 30.3 Å². The second kappa shape index (κ2) is 11.5. The van der Waals surface area contributed by atoms with E-state index in [0.717, 1.165) is 37.8 Å². The van der Waals surface area contributed by atoms with Gasteiger partial charge in [-0.1, -0.05) is 36.8 Å². The van der Waals surface area contributed by atoms with Crippen molar-refractivity contribution in [1.82, 2.24) is 10.2 Å². The molecule has 27 heavy (non-hydrogen) atoms. The Kier molecular flexibility index (Phi) is 8.67. The van der Waals surface area contributed by atoms with Crippen molar-refractivity contribution in [2.24, 2.45) is 11.8 Å². The van der Waals surface area contributed by atoms with Crippen LogP contribution in [0.1, 0.15) is 69.8 Å². The number of amides is 1. The first-order valence-electron chi connectivity index (χ1n) is 11.3. The van der Waals surface area contributed by atoms with Crippen LogP contribution in [0.5, 0.6) is 0 Å². The standard InChI is InChI=1S/C24H38N2O/c27-24(14-5-4-10-23-13-7-17-25-20-23)26-18-15-22(16-19-26)12-6-11-21-8-2-1-3-9-21/h1-3,8-9,22-23,25H,4-7,10-20H2. The molecule has 2 aliphatic heterocycles. The highest BCUT2D eigenvalue weighted by molar-refractivity contribution is 5.76. The number of likely N-dealkylation sites (tertiary alicyclic amines) is 1. The number of unbranched alkanes of at least 4 members (excludes halogenated alkanes) is 1. The number of rotatable bonds is 9. The maximum Gasteiger partial charge on any atom is 0.222 e. The molecule has 150 valence electrons. The fourth-order valence-electron chi connectivity index (χ4n) is 4.75. The Bertz CT molecular complexity index is 531. The lowest BCUT2D eigenvalue weighted by molar-refractivity contribution is -0.132. The van der Waals surface area contributed by atoms with Crippen LogP contribution in [0.2, 0.25) is 0 Å². The van der Waals surface area contributed by atoms with E-state index >= 15 is 0 Å². The van der Waals surface area contributed by atoms with Crippen molar-refractivity contribution >= 4 is 5.91 Å². The number of aryl methyl sites for hydroxylation is 1. The number of piperidine rings is 2. The Hall–Kier alpha value is -1.35. The van der Waals surface area contributed by atoms with Gasteiger partial charge < -0.3 is 10.2 Å². The molecular weight excluding hydrogens is 332 g/mol. The summed E-state index contributed by atoms with van der Waals surface area (Å²) in [5, 5.41) is 3.49. The molecule has 3 rings (SSSR count). The van der Waals surface area contributed by atoms with E-state index in [-0.39, 0.29) is 0 Å².